The molecule has 0 heterocycles. The van der Waals surface area contributed by atoms with Crippen molar-refractivity contribution < 1.29 is 4.79 Å². The van der Waals surface area contributed by atoms with Crippen LogP contribution in [0, 0.1) is 17.2 Å². The van der Waals surface area contributed by atoms with Crippen molar-refractivity contribution in [3.05, 3.63) is 0 Å². The lowest BCUT2D eigenvalue weighted by atomic mass is 9.90. The Morgan fingerprint density at radius 2 is 2.19 bits per heavy atom. The molecular weight excluding hydrogens is 282 g/mol. The van der Waals surface area contributed by atoms with Crippen molar-refractivity contribution in [2.75, 3.05) is 19.3 Å². The molecule has 0 aromatic rings. The third-order valence-corrected chi connectivity index (χ3v) is 5.79. The first-order valence-electron chi connectivity index (χ1n) is 7.86. The van der Waals surface area contributed by atoms with Crippen molar-refractivity contribution in [3.8, 4) is 6.07 Å². The molecule has 21 heavy (non-hydrogen) atoms. The number of rotatable bonds is 7. The number of amides is 1. The largest absolute Gasteiger partial charge is 0.337 e. The zero-order chi connectivity index (χ0) is 16.0. The van der Waals surface area contributed by atoms with Crippen LogP contribution in [0.2, 0.25) is 0 Å². The van der Waals surface area contributed by atoms with Gasteiger partial charge in [-0.3, -0.25) is 9.69 Å². The summed E-state index contributed by atoms with van der Waals surface area (Å²) in [6.45, 7) is 8.27. The van der Waals surface area contributed by atoms with Gasteiger partial charge in [-0.25, -0.2) is 0 Å². The van der Waals surface area contributed by atoms with Crippen molar-refractivity contribution in [2.24, 2.45) is 5.92 Å². The third kappa shape index (κ3) is 5.19. The van der Waals surface area contributed by atoms with Gasteiger partial charge in [-0.2, -0.15) is 17.0 Å². The molecule has 3 atom stereocenters. The van der Waals surface area contributed by atoms with Gasteiger partial charge in [0.15, 0.2) is 0 Å². The minimum atomic E-state index is -0.784. The second-order valence-corrected chi connectivity index (χ2v) is 8.05. The third-order valence-electron chi connectivity index (χ3n) is 4.56. The number of carbonyl (C=O) groups excluding carboxylic acids is 1. The van der Waals surface area contributed by atoms with E-state index in [0.29, 0.717) is 12.6 Å². The van der Waals surface area contributed by atoms with Gasteiger partial charge in [-0.15, -0.1) is 0 Å². The first-order chi connectivity index (χ1) is 9.82. The first-order valence-corrected chi connectivity index (χ1v) is 8.91. The standard InChI is InChI=1S/C16H29N3OS/c1-6-21-14-8-7-13(9-14)19(5)10-15(20)18-16(4,11-17)12(2)3/h12-14H,6-10H2,1-5H3,(H,18,20)/t13-,14-,16-/m1/s1. The Morgan fingerprint density at radius 3 is 2.71 bits per heavy atom. The Bertz CT molecular complexity index is 393. The van der Waals surface area contributed by atoms with Crippen LogP contribution in [0.15, 0.2) is 0 Å². The fraction of sp³-hybridized carbons (Fsp3) is 0.875. The number of thioether (sulfide) groups is 1. The molecule has 0 aromatic carbocycles. The van der Waals surface area contributed by atoms with E-state index in [2.05, 4.69) is 23.2 Å². The zero-order valence-corrected chi connectivity index (χ0v) is 14.8. The summed E-state index contributed by atoms with van der Waals surface area (Å²) in [4.78, 5) is 14.3. The highest BCUT2D eigenvalue weighted by Gasteiger charge is 2.32. The van der Waals surface area contributed by atoms with Crippen LogP contribution in [0.5, 0.6) is 0 Å². The summed E-state index contributed by atoms with van der Waals surface area (Å²) in [5.41, 5.74) is -0.784. The van der Waals surface area contributed by atoms with E-state index in [-0.39, 0.29) is 11.8 Å². The molecule has 1 N–H and O–H groups in total. The molecule has 120 valence electrons. The van der Waals surface area contributed by atoms with E-state index < -0.39 is 5.54 Å². The van der Waals surface area contributed by atoms with E-state index in [0.717, 1.165) is 11.0 Å². The second-order valence-electron chi connectivity index (χ2n) is 6.48. The molecule has 1 rings (SSSR count). The van der Waals surface area contributed by atoms with Crippen LogP contribution >= 0.6 is 11.8 Å². The topological polar surface area (TPSA) is 56.1 Å². The Balaban J connectivity index is 2.47. The number of nitrogens with zero attached hydrogens (tertiary/aromatic N) is 2. The Labute approximate surface area is 133 Å². The van der Waals surface area contributed by atoms with Crippen LogP contribution in [-0.4, -0.2) is 47.0 Å². The molecule has 1 saturated carbocycles. The van der Waals surface area contributed by atoms with E-state index >= 15 is 0 Å². The summed E-state index contributed by atoms with van der Waals surface area (Å²) >= 11 is 2.03. The normalized spacial score (nSPS) is 24.9. The van der Waals surface area contributed by atoms with Gasteiger partial charge in [0.25, 0.3) is 0 Å². The monoisotopic (exact) mass is 311 g/mol. The molecule has 0 aliphatic heterocycles. The predicted molar refractivity (Wildman–Crippen MR) is 89.2 cm³/mol. The Morgan fingerprint density at radius 1 is 1.52 bits per heavy atom. The average molecular weight is 311 g/mol. The van der Waals surface area contributed by atoms with Gasteiger partial charge in [0.05, 0.1) is 12.6 Å². The van der Waals surface area contributed by atoms with Crippen LogP contribution in [0.25, 0.3) is 0 Å². The summed E-state index contributed by atoms with van der Waals surface area (Å²) in [6.07, 6.45) is 3.58. The molecule has 0 bridgehead atoms. The molecule has 5 heteroatoms. The van der Waals surface area contributed by atoms with Crippen molar-refractivity contribution in [1.82, 2.24) is 10.2 Å². The maximum atomic E-state index is 12.2. The predicted octanol–water partition coefficient (Wildman–Crippen LogP) is 2.65. The first kappa shape index (κ1) is 18.3. The minimum absolute atomic E-state index is 0.0538. The summed E-state index contributed by atoms with van der Waals surface area (Å²) < 4.78 is 0. The second kappa shape index (κ2) is 8.05. The SMILES string of the molecule is CCS[C@@H]1CC[C@@H](N(C)CC(=O)N[C@](C)(C#N)C(C)C)C1. The van der Waals surface area contributed by atoms with Gasteiger partial charge in [0.2, 0.25) is 5.91 Å². The molecular formula is C16H29N3OS. The molecule has 0 unspecified atom stereocenters. The Hall–Kier alpha value is -0.730. The van der Waals surface area contributed by atoms with Crippen LogP contribution in [0.3, 0.4) is 0 Å². The maximum Gasteiger partial charge on any atom is 0.235 e. The van der Waals surface area contributed by atoms with Gasteiger partial charge in [-0.05, 0) is 44.9 Å². The number of hydrogen-bond donors (Lipinski definition) is 1. The lowest BCUT2D eigenvalue weighted by Gasteiger charge is -2.30. The number of nitrogens with one attached hydrogen (secondary N) is 1. The van der Waals surface area contributed by atoms with Gasteiger partial charge in [-0.1, -0.05) is 20.8 Å². The number of nitriles is 1. The number of carbonyl (C=O) groups is 1. The van der Waals surface area contributed by atoms with Crippen LogP contribution in [0.4, 0.5) is 0 Å². The molecule has 0 radical (unpaired) electrons. The van der Waals surface area contributed by atoms with Crippen LogP contribution in [-0.2, 0) is 4.79 Å². The van der Waals surface area contributed by atoms with E-state index in [4.69, 9.17) is 0 Å². The lowest BCUT2D eigenvalue weighted by Crippen LogP contribution is -2.52. The van der Waals surface area contributed by atoms with E-state index in [1.807, 2.05) is 32.7 Å². The smallest absolute Gasteiger partial charge is 0.235 e. The summed E-state index contributed by atoms with van der Waals surface area (Å²) in [5, 5.41) is 12.9. The zero-order valence-electron chi connectivity index (χ0n) is 14.0. The Kier molecular flexibility index (Phi) is 7.02. The van der Waals surface area contributed by atoms with Crippen molar-refractivity contribution >= 4 is 17.7 Å². The number of hydrogen-bond acceptors (Lipinski definition) is 4. The van der Waals surface area contributed by atoms with E-state index in [1.165, 1.54) is 19.3 Å². The van der Waals surface area contributed by atoms with Crippen molar-refractivity contribution in [3.63, 3.8) is 0 Å². The van der Waals surface area contributed by atoms with Crippen molar-refractivity contribution in [1.29, 1.82) is 5.26 Å². The van der Waals surface area contributed by atoms with Crippen LogP contribution in [0.1, 0.15) is 47.0 Å². The van der Waals surface area contributed by atoms with Gasteiger partial charge >= 0.3 is 0 Å². The minimum Gasteiger partial charge on any atom is -0.337 e. The molecule has 0 aromatic heterocycles. The lowest BCUT2D eigenvalue weighted by molar-refractivity contribution is -0.124. The average Bonchev–Trinajstić information content (AvgIpc) is 2.87. The van der Waals surface area contributed by atoms with E-state index in [1.54, 1.807) is 6.92 Å². The quantitative estimate of drug-likeness (QED) is 0.785. The molecule has 0 spiro atoms. The van der Waals surface area contributed by atoms with Crippen LogP contribution < -0.4 is 5.32 Å². The summed E-state index contributed by atoms with van der Waals surface area (Å²) in [5.74, 6) is 1.20. The molecule has 1 aliphatic carbocycles. The molecule has 1 amide bonds. The summed E-state index contributed by atoms with van der Waals surface area (Å²) in [7, 11) is 2.02. The highest BCUT2D eigenvalue weighted by molar-refractivity contribution is 7.99. The highest BCUT2D eigenvalue weighted by Crippen LogP contribution is 2.32. The number of likely N-dealkylation sites (N-methyl/N-ethyl adjacent to an activating group) is 1. The van der Waals surface area contributed by atoms with Gasteiger partial charge in [0, 0.05) is 11.3 Å². The highest BCUT2D eigenvalue weighted by atomic mass is 32.2. The molecule has 0 saturated heterocycles. The summed E-state index contributed by atoms with van der Waals surface area (Å²) in [6, 6.07) is 2.71. The van der Waals surface area contributed by atoms with Gasteiger partial charge in [0.1, 0.15) is 5.54 Å². The molecule has 1 aliphatic rings. The fourth-order valence-electron chi connectivity index (χ4n) is 2.69. The van der Waals surface area contributed by atoms with E-state index in [9.17, 15) is 10.1 Å². The van der Waals surface area contributed by atoms with Gasteiger partial charge < -0.3 is 5.32 Å². The molecule has 1 fully saturated rings. The fourth-order valence-corrected chi connectivity index (χ4v) is 3.82. The van der Waals surface area contributed by atoms with Crippen molar-refractivity contribution in [2.45, 2.75) is 63.8 Å². The molecule has 4 nitrogen and oxygen atoms in total. The maximum absolute atomic E-state index is 12.2.